The van der Waals surface area contributed by atoms with Crippen molar-refractivity contribution in [2.75, 3.05) is 0 Å². The summed E-state index contributed by atoms with van der Waals surface area (Å²) < 4.78 is 2.11. The van der Waals surface area contributed by atoms with Crippen molar-refractivity contribution in [1.29, 1.82) is 0 Å². The molecule has 0 saturated carbocycles. The van der Waals surface area contributed by atoms with E-state index < -0.39 is 0 Å². The van der Waals surface area contributed by atoms with E-state index in [1.54, 1.807) is 12.4 Å². The van der Waals surface area contributed by atoms with Crippen LogP contribution in [0.2, 0.25) is 0 Å². The van der Waals surface area contributed by atoms with E-state index >= 15 is 0 Å². The first kappa shape index (κ1) is 11.8. The van der Waals surface area contributed by atoms with Crippen LogP contribution in [0.4, 0.5) is 0 Å². The molecule has 0 radical (unpaired) electrons. The Balaban J connectivity index is 2.30. The van der Waals surface area contributed by atoms with Gasteiger partial charge in [0.05, 0.1) is 6.04 Å². The van der Waals surface area contributed by atoms with Gasteiger partial charge in [0.15, 0.2) is 0 Å². The quantitative estimate of drug-likeness (QED) is 0.874. The van der Waals surface area contributed by atoms with Crippen molar-refractivity contribution < 1.29 is 0 Å². The molecule has 1 atom stereocenters. The van der Waals surface area contributed by atoms with Crippen molar-refractivity contribution in [3.63, 3.8) is 0 Å². The van der Waals surface area contributed by atoms with Gasteiger partial charge >= 0.3 is 0 Å². The minimum absolute atomic E-state index is 0.182. The zero-order valence-corrected chi connectivity index (χ0v) is 10.3. The lowest BCUT2D eigenvalue weighted by Gasteiger charge is -2.14. The van der Waals surface area contributed by atoms with Crippen molar-refractivity contribution in [3.05, 3.63) is 47.8 Å². The Kier molecular flexibility index (Phi) is 3.54. The molecule has 4 nitrogen and oxygen atoms in total. The van der Waals surface area contributed by atoms with Crippen LogP contribution in [0.3, 0.4) is 0 Å². The van der Waals surface area contributed by atoms with Gasteiger partial charge in [-0.25, -0.2) is 4.98 Å². The molecule has 0 saturated heterocycles. The molecule has 4 heteroatoms. The van der Waals surface area contributed by atoms with Crippen molar-refractivity contribution in [2.45, 2.75) is 32.9 Å². The third kappa shape index (κ3) is 2.53. The number of rotatable bonds is 4. The summed E-state index contributed by atoms with van der Waals surface area (Å²) in [5.41, 5.74) is 8.28. The molecule has 17 heavy (non-hydrogen) atoms. The van der Waals surface area contributed by atoms with E-state index in [0.717, 1.165) is 30.0 Å². The lowest BCUT2D eigenvalue weighted by Crippen LogP contribution is -2.18. The Bertz CT molecular complexity index is 490. The molecule has 2 heterocycles. The van der Waals surface area contributed by atoms with Crippen LogP contribution in [0.15, 0.2) is 30.7 Å². The molecule has 0 bridgehead atoms. The molecule has 0 spiro atoms. The lowest BCUT2D eigenvalue weighted by molar-refractivity contribution is 0.612. The highest BCUT2D eigenvalue weighted by Crippen LogP contribution is 2.18. The van der Waals surface area contributed by atoms with Crippen molar-refractivity contribution in [3.8, 4) is 0 Å². The van der Waals surface area contributed by atoms with Gasteiger partial charge in [-0.2, -0.15) is 0 Å². The average molecular weight is 230 g/mol. The average Bonchev–Trinajstić information content (AvgIpc) is 2.77. The van der Waals surface area contributed by atoms with Gasteiger partial charge in [0.25, 0.3) is 0 Å². The van der Waals surface area contributed by atoms with E-state index in [2.05, 4.69) is 21.5 Å². The molecule has 1 unspecified atom stereocenters. The summed E-state index contributed by atoms with van der Waals surface area (Å²) in [5, 5.41) is 0. The predicted octanol–water partition coefficient (Wildman–Crippen LogP) is 2.04. The second kappa shape index (κ2) is 5.10. The van der Waals surface area contributed by atoms with Crippen molar-refractivity contribution >= 4 is 0 Å². The molecule has 90 valence electrons. The Hall–Kier alpha value is -1.68. The van der Waals surface area contributed by atoms with Gasteiger partial charge in [0, 0.05) is 30.8 Å². The fourth-order valence-corrected chi connectivity index (χ4v) is 1.94. The molecule has 0 aliphatic carbocycles. The Morgan fingerprint density at radius 2 is 2.18 bits per heavy atom. The van der Waals surface area contributed by atoms with Crippen LogP contribution in [0.25, 0.3) is 0 Å². The summed E-state index contributed by atoms with van der Waals surface area (Å²) in [4.78, 5) is 8.54. The van der Waals surface area contributed by atoms with Gasteiger partial charge in [-0.3, -0.25) is 4.98 Å². The maximum atomic E-state index is 6.25. The zero-order chi connectivity index (χ0) is 12.3. The fourth-order valence-electron chi connectivity index (χ4n) is 1.94. The van der Waals surface area contributed by atoms with Crippen LogP contribution in [0.5, 0.6) is 0 Å². The second-order valence-corrected chi connectivity index (χ2v) is 4.19. The van der Waals surface area contributed by atoms with Crippen LogP contribution in [-0.4, -0.2) is 14.5 Å². The monoisotopic (exact) mass is 230 g/mol. The maximum Gasteiger partial charge on any atom is 0.130 e. The number of imidazole rings is 1. The molecule has 2 aromatic rings. The highest BCUT2D eigenvalue weighted by molar-refractivity contribution is 5.25. The minimum Gasteiger partial charge on any atom is -0.333 e. The molecule has 2 aromatic heterocycles. The summed E-state index contributed by atoms with van der Waals surface area (Å²) in [5.74, 6) is 0.914. The van der Waals surface area contributed by atoms with Gasteiger partial charge in [0.1, 0.15) is 5.82 Å². The van der Waals surface area contributed by atoms with Crippen LogP contribution in [0.1, 0.15) is 36.5 Å². The summed E-state index contributed by atoms with van der Waals surface area (Å²) >= 11 is 0. The number of pyridine rings is 1. The largest absolute Gasteiger partial charge is 0.333 e. The molecular weight excluding hydrogens is 212 g/mol. The molecule has 0 aliphatic heterocycles. The second-order valence-electron chi connectivity index (χ2n) is 4.19. The van der Waals surface area contributed by atoms with Crippen LogP contribution in [-0.2, 0) is 6.54 Å². The van der Waals surface area contributed by atoms with E-state index in [9.17, 15) is 0 Å². The van der Waals surface area contributed by atoms with E-state index in [-0.39, 0.29) is 6.04 Å². The van der Waals surface area contributed by atoms with Gasteiger partial charge in [0.2, 0.25) is 0 Å². The Morgan fingerprint density at radius 1 is 1.35 bits per heavy atom. The first-order valence-corrected chi connectivity index (χ1v) is 5.91. The molecule has 2 rings (SSSR count). The standard InChI is InChI=1S/C13H18N4/c1-3-7-17-8-6-16-13(17)12(14)11-4-5-15-10(2)9-11/h4-6,8-9,12H,3,7,14H2,1-2H3. The number of nitrogens with zero attached hydrogens (tertiary/aromatic N) is 3. The molecular formula is C13H18N4. The third-order valence-corrected chi connectivity index (χ3v) is 2.77. The highest BCUT2D eigenvalue weighted by atomic mass is 15.1. The number of hydrogen-bond donors (Lipinski definition) is 1. The van der Waals surface area contributed by atoms with Gasteiger partial charge in [-0.15, -0.1) is 0 Å². The van der Waals surface area contributed by atoms with E-state index in [4.69, 9.17) is 5.73 Å². The minimum atomic E-state index is -0.182. The third-order valence-electron chi connectivity index (χ3n) is 2.77. The molecule has 0 fully saturated rings. The van der Waals surface area contributed by atoms with Crippen molar-refractivity contribution in [2.24, 2.45) is 5.73 Å². The van der Waals surface area contributed by atoms with Gasteiger partial charge in [-0.1, -0.05) is 6.92 Å². The maximum absolute atomic E-state index is 6.25. The summed E-state index contributed by atoms with van der Waals surface area (Å²) in [7, 11) is 0. The van der Waals surface area contributed by atoms with Gasteiger partial charge < -0.3 is 10.3 Å². The Labute approximate surface area is 102 Å². The van der Waals surface area contributed by atoms with Crippen molar-refractivity contribution in [1.82, 2.24) is 14.5 Å². The van der Waals surface area contributed by atoms with Crippen LogP contribution in [0, 0.1) is 6.92 Å². The highest BCUT2D eigenvalue weighted by Gasteiger charge is 2.14. The normalized spacial score (nSPS) is 12.6. The molecule has 0 aromatic carbocycles. The number of nitrogens with two attached hydrogens (primary N) is 1. The molecule has 0 amide bonds. The van der Waals surface area contributed by atoms with Crippen LogP contribution >= 0.6 is 0 Å². The van der Waals surface area contributed by atoms with E-state index in [1.807, 2.05) is 25.3 Å². The topological polar surface area (TPSA) is 56.7 Å². The predicted molar refractivity (Wildman–Crippen MR) is 67.5 cm³/mol. The first-order chi connectivity index (χ1) is 8.22. The van der Waals surface area contributed by atoms with E-state index in [1.165, 1.54) is 0 Å². The SMILES string of the molecule is CCCn1ccnc1C(N)c1ccnc(C)c1. The smallest absolute Gasteiger partial charge is 0.130 e. The summed E-state index contributed by atoms with van der Waals surface area (Å²) in [6.45, 7) is 5.06. The number of aryl methyl sites for hydroxylation is 2. The number of hydrogen-bond acceptors (Lipinski definition) is 3. The summed E-state index contributed by atoms with van der Waals surface area (Å²) in [6.07, 6.45) is 6.65. The molecule has 0 aliphatic rings. The molecule has 2 N–H and O–H groups in total. The number of aromatic nitrogens is 3. The zero-order valence-electron chi connectivity index (χ0n) is 10.3. The lowest BCUT2D eigenvalue weighted by atomic mass is 10.1. The fraction of sp³-hybridized carbons (Fsp3) is 0.385. The van der Waals surface area contributed by atoms with Crippen LogP contribution < -0.4 is 5.73 Å². The van der Waals surface area contributed by atoms with Gasteiger partial charge in [-0.05, 0) is 31.0 Å². The summed E-state index contributed by atoms with van der Waals surface area (Å²) in [6, 6.07) is 3.77. The Morgan fingerprint density at radius 3 is 2.88 bits per heavy atom. The van der Waals surface area contributed by atoms with E-state index in [0.29, 0.717) is 0 Å². The first-order valence-electron chi connectivity index (χ1n) is 5.91.